The molecule has 0 atom stereocenters. The first-order chi connectivity index (χ1) is 14.0. The molecule has 0 saturated heterocycles. The summed E-state index contributed by atoms with van der Waals surface area (Å²) in [6.45, 7) is 0.788. The van der Waals surface area contributed by atoms with Crippen molar-refractivity contribution in [2.24, 2.45) is 0 Å². The number of fused-ring (bicyclic) bond motifs is 1. The molecule has 0 aliphatic heterocycles. The summed E-state index contributed by atoms with van der Waals surface area (Å²) in [5.41, 5.74) is 0.782. The second kappa shape index (κ2) is 10.1. The van der Waals surface area contributed by atoms with Gasteiger partial charge in [-0.2, -0.15) is 0 Å². The van der Waals surface area contributed by atoms with Crippen molar-refractivity contribution in [3.05, 3.63) is 64.7 Å². The number of nitrogens with one attached hydrogen (secondary N) is 2. The maximum absolute atomic E-state index is 13.5. The van der Waals surface area contributed by atoms with Gasteiger partial charge in [0, 0.05) is 32.0 Å². The molecule has 1 heterocycles. The maximum atomic E-state index is 13.5. The van der Waals surface area contributed by atoms with Crippen molar-refractivity contribution < 1.29 is 18.4 Å². The van der Waals surface area contributed by atoms with Gasteiger partial charge in [0.25, 0.3) is 5.91 Å². The molecule has 2 amide bonds. The van der Waals surface area contributed by atoms with E-state index in [9.17, 15) is 18.4 Å². The van der Waals surface area contributed by atoms with Gasteiger partial charge in [-0.05, 0) is 37.1 Å². The zero-order valence-corrected chi connectivity index (χ0v) is 16.5. The number of nitrogens with zero attached hydrogens (tertiary/aromatic N) is 1. The Bertz CT molecular complexity index is 974. The first-order valence-corrected chi connectivity index (χ1v) is 10.2. The van der Waals surface area contributed by atoms with Crippen LogP contribution in [0.1, 0.15) is 34.6 Å². The molecule has 0 bridgehead atoms. The van der Waals surface area contributed by atoms with Gasteiger partial charge in [-0.15, -0.1) is 11.3 Å². The zero-order valence-electron chi connectivity index (χ0n) is 15.7. The minimum absolute atomic E-state index is 0.100. The molecule has 1 aromatic heterocycles. The number of hydrogen-bond donors (Lipinski definition) is 2. The van der Waals surface area contributed by atoms with Gasteiger partial charge in [-0.1, -0.05) is 12.1 Å². The summed E-state index contributed by atoms with van der Waals surface area (Å²) in [6, 6.07) is 10.8. The van der Waals surface area contributed by atoms with Gasteiger partial charge >= 0.3 is 0 Å². The third-order valence-corrected chi connectivity index (χ3v) is 5.37. The molecule has 2 N–H and O–H groups in total. The van der Waals surface area contributed by atoms with Crippen molar-refractivity contribution in [3.63, 3.8) is 0 Å². The number of rotatable bonds is 9. The fourth-order valence-electron chi connectivity index (χ4n) is 2.80. The van der Waals surface area contributed by atoms with Crippen molar-refractivity contribution in [1.82, 2.24) is 15.6 Å². The molecular formula is C21H21F2N3O2S. The highest BCUT2D eigenvalue weighted by Crippen LogP contribution is 2.22. The first-order valence-electron chi connectivity index (χ1n) is 9.37. The molecule has 0 unspecified atom stereocenters. The molecule has 3 aromatic rings. The molecule has 0 spiro atoms. The fraction of sp³-hybridized carbons (Fsp3) is 0.286. The minimum Gasteiger partial charge on any atom is -0.356 e. The SMILES string of the molecule is O=C(CCCNC(=O)c1ccc(F)cc1F)NCCCc1nc2ccccc2s1. The second-order valence-corrected chi connectivity index (χ2v) is 7.63. The van der Waals surface area contributed by atoms with E-state index in [-0.39, 0.29) is 24.4 Å². The van der Waals surface area contributed by atoms with Crippen LogP contribution in [0.2, 0.25) is 0 Å². The number of amides is 2. The molecule has 3 rings (SSSR count). The van der Waals surface area contributed by atoms with Crippen LogP contribution in [0.5, 0.6) is 0 Å². The Kier molecular flexibility index (Phi) is 7.24. The van der Waals surface area contributed by atoms with Crippen molar-refractivity contribution in [1.29, 1.82) is 0 Å². The summed E-state index contributed by atoms with van der Waals surface area (Å²) in [5, 5.41) is 6.43. The zero-order chi connectivity index (χ0) is 20.6. The second-order valence-electron chi connectivity index (χ2n) is 6.51. The van der Waals surface area contributed by atoms with Gasteiger partial charge in [0.05, 0.1) is 20.8 Å². The highest BCUT2D eigenvalue weighted by Gasteiger charge is 2.12. The maximum Gasteiger partial charge on any atom is 0.254 e. The molecule has 0 aliphatic rings. The van der Waals surface area contributed by atoms with Gasteiger partial charge in [0.1, 0.15) is 11.6 Å². The van der Waals surface area contributed by atoms with E-state index in [0.717, 1.165) is 40.2 Å². The van der Waals surface area contributed by atoms with Crippen LogP contribution in [-0.4, -0.2) is 29.9 Å². The lowest BCUT2D eigenvalue weighted by Gasteiger charge is -2.07. The Hall–Kier alpha value is -2.87. The molecule has 8 heteroatoms. The van der Waals surface area contributed by atoms with Crippen LogP contribution < -0.4 is 10.6 Å². The van der Waals surface area contributed by atoms with E-state index in [1.165, 1.54) is 0 Å². The van der Waals surface area contributed by atoms with Crippen LogP contribution in [0, 0.1) is 11.6 Å². The molecule has 0 saturated carbocycles. The highest BCUT2D eigenvalue weighted by atomic mass is 32.1. The van der Waals surface area contributed by atoms with Gasteiger partial charge < -0.3 is 10.6 Å². The number of benzene rings is 2. The number of aryl methyl sites for hydroxylation is 1. The summed E-state index contributed by atoms with van der Waals surface area (Å²) in [7, 11) is 0. The number of hydrogen-bond acceptors (Lipinski definition) is 4. The predicted octanol–water partition coefficient (Wildman–Crippen LogP) is 3.83. The van der Waals surface area contributed by atoms with E-state index < -0.39 is 17.5 Å². The Labute approximate surface area is 171 Å². The summed E-state index contributed by atoms with van der Waals surface area (Å²) in [4.78, 5) is 28.3. The van der Waals surface area contributed by atoms with Crippen LogP contribution in [0.25, 0.3) is 10.2 Å². The molecule has 0 radical (unpaired) electrons. The van der Waals surface area contributed by atoms with E-state index in [0.29, 0.717) is 19.0 Å². The van der Waals surface area contributed by atoms with Crippen LogP contribution in [-0.2, 0) is 11.2 Å². The average Bonchev–Trinajstić information content (AvgIpc) is 3.11. The minimum atomic E-state index is -0.909. The molecule has 2 aromatic carbocycles. The quantitative estimate of drug-likeness (QED) is 0.520. The van der Waals surface area contributed by atoms with Crippen molar-refractivity contribution >= 4 is 33.4 Å². The lowest BCUT2D eigenvalue weighted by Crippen LogP contribution is -2.28. The van der Waals surface area contributed by atoms with Gasteiger partial charge in [0.2, 0.25) is 5.91 Å². The number of para-hydroxylation sites is 1. The van der Waals surface area contributed by atoms with Gasteiger partial charge in [-0.25, -0.2) is 13.8 Å². The summed E-state index contributed by atoms with van der Waals surface area (Å²) in [5.74, 6) is -2.37. The number of thiazole rings is 1. The van der Waals surface area contributed by atoms with Crippen LogP contribution in [0.15, 0.2) is 42.5 Å². The van der Waals surface area contributed by atoms with E-state index in [1.54, 1.807) is 11.3 Å². The van der Waals surface area contributed by atoms with Gasteiger partial charge in [-0.3, -0.25) is 9.59 Å². The molecule has 0 aliphatic carbocycles. The first kappa shape index (κ1) is 20.9. The normalized spacial score (nSPS) is 10.8. The average molecular weight is 417 g/mol. The number of carbonyl (C=O) groups is 2. The Morgan fingerprint density at radius 2 is 1.79 bits per heavy atom. The van der Waals surface area contributed by atoms with E-state index in [2.05, 4.69) is 15.6 Å². The highest BCUT2D eigenvalue weighted by molar-refractivity contribution is 7.18. The Morgan fingerprint density at radius 1 is 1.00 bits per heavy atom. The smallest absolute Gasteiger partial charge is 0.254 e. The van der Waals surface area contributed by atoms with Gasteiger partial charge in [0.15, 0.2) is 0 Å². The number of aromatic nitrogens is 1. The standard InChI is InChI=1S/C21H21F2N3O2S/c22-14-9-10-15(16(23)13-14)21(28)25-12-3-7-19(27)24-11-4-8-20-26-17-5-1-2-6-18(17)29-20/h1-2,5-6,9-10,13H,3-4,7-8,11-12H2,(H,24,27)(H,25,28). The Morgan fingerprint density at radius 3 is 2.59 bits per heavy atom. The topological polar surface area (TPSA) is 71.1 Å². The van der Waals surface area contributed by atoms with E-state index in [1.807, 2.05) is 24.3 Å². The van der Waals surface area contributed by atoms with Crippen molar-refractivity contribution in [3.8, 4) is 0 Å². The molecule has 0 fully saturated rings. The molecule has 29 heavy (non-hydrogen) atoms. The third kappa shape index (κ3) is 6.05. The monoisotopic (exact) mass is 417 g/mol. The molecule has 152 valence electrons. The van der Waals surface area contributed by atoms with Crippen LogP contribution >= 0.6 is 11.3 Å². The van der Waals surface area contributed by atoms with E-state index in [4.69, 9.17) is 0 Å². The molecule has 5 nitrogen and oxygen atoms in total. The lowest BCUT2D eigenvalue weighted by atomic mass is 10.2. The Balaban J connectivity index is 1.29. The fourth-order valence-corrected chi connectivity index (χ4v) is 3.81. The number of carbonyl (C=O) groups excluding carboxylic acids is 2. The van der Waals surface area contributed by atoms with E-state index >= 15 is 0 Å². The third-order valence-electron chi connectivity index (χ3n) is 4.27. The largest absolute Gasteiger partial charge is 0.356 e. The lowest BCUT2D eigenvalue weighted by molar-refractivity contribution is -0.121. The predicted molar refractivity (Wildman–Crippen MR) is 109 cm³/mol. The number of halogens is 2. The van der Waals surface area contributed by atoms with Crippen LogP contribution in [0.4, 0.5) is 8.78 Å². The van der Waals surface area contributed by atoms with Crippen molar-refractivity contribution in [2.75, 3.05) is 13.1 Å². The molecular weight excluding hydrogens is 396 g/mol. The summed E-state index contributed by atoms with van der Waals surface area (Å²) in [6.07, 6.45) is 2.29. The van der Waals surface area contributed by atoms with Crippen LogP contribution in [0.3, 0.4) is 0 Å². The summed E-state index contributed by atoms with van der Waals surface area (Å²) < 4.78 is 27.5. The van der Waals surface area contributed by atoms with Crippen molar-refractivity contribution in [2.45, 2.75) is 25.7 Å². The summed E-state index contributed by atoms with van der Waals surface area (Å²) >= 11 is 1.66.